The lowest BCUT2D eigenvalue weighted by atomic mass is 9.97. The third kappa shape index (κ3) is 3.59. The number of nitrogens with zero attached hydrogens (tertiary/aromatic N) is 1. The van der Waals surface area contributed by atoms with E-state index in [1.165, 1.54) is 7.11 Å². The van der Waals surface area contributed by atoms with Crippen molar-refractivity contribution in [1.29, 1.82) is 0 Å². The molecule has 1 aliphatic rings. The summed E-state index contributed by atoms with van der Waals surface area (Å²) in [5.41, 5.74) is 0.833. The van der Waals surface area contributed by atoms with Gasteiger partial charge in [0.05, 0.1) is 7.11 Å². The van der Waals surface area contributed by atoms with Crippen LogP contribution in [0.2, 0.25) is 0 Å². The molecule has 112 valence electrons. The zero-order chi connectivity index (χ0) is 15.2. The van der Waals surface area contributed by atoms with E-state index in [1.54, 1.807) is 0 Å². The van der Waals surface area contributed by atoms with E-state index < -0.39 is 23.9 Å². The van der Waals surface area contributed by atoms with Crippen LogP contribution in [0.5, 0.6) is 0 Å². The van der Waals surface area contributed by atoms with Crippen molar-refractivity contribution in [3.8, 4) is 0 Å². The minimum absolute atomic E-state index is 0.0896. The summed E-state index contributed by atoms with van der Waals surface area (Å²) in [6, 6.07) is 9.18. The highest BCUT2D eigenvalue weighted by molar-refractivity contribution is 6.04. The molecular formula is C15H17NO5. The summed E-state index contributed by atoms with van der Waals surface area (Å²) in [6.45, 7) is 0.353. The average Bonchev–Trinajstić information content (AvgIpc) is 2.53. The van der Waals surface area contributed by atoms with Crippen LogP contribution in [-0.4, -0.2) is 36.5 Å². The Labute approximate surface area is 122 Å². The monoisotopic (exact) mass is 291 g/mol. The Morgan fingerprint density at radius 1 is 1.29 bits per heavy atom. The van der Waals surface area contributed by atoms with Crippen LogP contribution in [-0.2, 0) is 25.7 Å². The van der Waals surface area contributed by atoms with Crippen molar-refractivity contribution in [1.82, 2.24) is 4.90 Å². The van der Waals surface area contributed by atoms with Gasteiger partial charge in [0, 0.05) is 6.54 Å². The Bertz CT molecular complexity index is 528. The number of hydrogen-bond acceptors (Lipinski definition) is 5. The summed E-state index contributed by atoms with van der Waals surface area (Å²) in [4.78, 5) is 36.6. The number of ether oxygens (including phenoxy) is 2. The molecule has 1 fully saturated rings. The van der Waals surface area contributed by atoms with Crippen molar-refractivity contribution in [3.05, 3.63) is 35.9 Å². The predicted octanol–water partition coefficient (Wildman–Crippen LogP) is 1.73. The van der Waals surface area contributed by atoms with Crippen LogP contribution >= 0.6 is 0 Å². The SMILES string of the molecule is COC(=O)C1CCCN(C(=O)OCc2ccccc2)C1=O. The Kier molecular flexibility index (Phi) is 4.92. The smallest absolute Gasteiger partial charge is 0.416 e. The number of carbonyl (C=O) groups is 3. The van der Waals surface area contributed by atoms with Gasteiger partial charge in [-0.25, -0.2) is 9.69 Å². The van der Waals surface area contributed by atoms with Crippen molar-refractivity contribution < 1.29 is 23.9 Å². The lowest BCUT2D eigenvalue weighted by molar-refractivity contribution is -0.155. The van der Waals surface area contributed by atoms with Crippen molar-refractivity contribution >= 4 is 18.0 Å². The molecule has 2 amide bonds. The molecule has 0 bridgehead atoms. The fourth-order valence-electron chi connectivity index (χ4n) is 2.21. The molecule has 6 heteroatoms. The summed E-state index contributed by atoms with van der Waals surface area (Å²) in [7, 11) is 1.22. The summed E-state index contributed by atoms with van der Waals surface area (Å²) in [6.07, 6.45) is 0.234. The van der Waals surface area contributed by atoms with E-state index in [9.17, 15) is 14.4 Å². The Morgan fingerprint density at radius 2 is 2.00 bits per heavy atom. The van der Waals surface area contributed by atoms with Crippen molar-refractivity contribution in [2.24, 2.45) is 5.92 Å². The molecule has 2 rings (SSSR count). The fraction of sp³-hybridized carbons (Fsp3) is 0.400. The normalized spacial score (nSPS) is 18.2. The zero-order valence-electron chi connectivity index (χ0n) is 11.8. The molecule has 1 aliphatic heterocycles. The predicted molar refractivity (Wildman–Crippen MR) is 73.1 cm³/mol. The minimum atomic E-state index is -0.909. The van der Waals surface area contributed by atoms with E-state index in [0.29, 0.717) is 12.8 Å². The van der Waals surface area contributed by atoms with E-state index in [-0.39, 0.29) is 13.2 Å². The standard InChI is InChI=1S/C15H17NO5/c1-20-14(18)12-8-5-9-16(13(12)17)15(19)21-10-11-6-3-2-4-7-11/h2-4,6-7,12H,5,8-10H2,1H3. The molecular weight excluding hydrogens is 274 g/mol. The molecule has 0 N–H and O–H groups in total. The summed E-state index contributed by atoms with van der Waals surface area (Å²) in [5, 5.41) is 0. The number of methoxy groups -OCH3 is 1. The van der Waals surface area contributed by atoms with Gasteiger partial charge in [0.25, 0.3) is 0 Å². The number of imide groups is 1. The first-order valence-electron chi connectivity index (χ1n) is 6.73. The van der Waals surface area contributed by atoms with Crippen LogP contribution in [0.25, 0.3) is 0 Å². The molecule has 0 aromatic heterocycles. The van der Waals surface area contributed by atoms with Gasteiger partial charge in [-0.15, -0.1) is 0 Å². The zero-order valence-corrected chi connectivity index (χ0v) is 11.8. The highest BCUT2D eigenvalue weighted by Gasteiger charge is 2.38. The van der Waals surface area contributed by atoms with Crippen LogP contribution in [0.15, 0.2) is 30.3 Å². The number of likely N-dealkylation sites (tertiary alicyclic amines) is 1. The largest absolute Gasteiger partial charge is 0.468 e. The number of piperidine rings is 1. The van der Waals surface area contributed by atoms with Gasteiger partial charge in [-0.3, -0.25) is 9.59 Å². The second-order valence-corrected chi connectivity index (χ2v) is 4.75. The maximum Gasteiger partial charge on any atom is 0.416 e. The van der Waals surface area contributed by atoms with Crippen LogP contribution in [0.1, 0.15) is 18.4 Å². The minimum Gasteiger partial charge on any atom is -0.468 e. The Hall–Kier alpha value is -2.37. The number of esters is 1. The lowest BCUT2D eigenvalue weighted by Gasteiger charge is -2.28. The lowest BCUT2D eigenvalue weighted by Crippen LogP contribution is -2.47. The molecule has 6 nitrogen and oxygen atoms in total. The number of benzene rings is 1. The quantitative estimate of drug-likeness (QED) is 0.626. The number of hydrogen-bond donors (Lipinski definition) is 0. The molecule has 1 heterocycles. The van der Waals surface area contributed by atoms with Crippen molar-refractivity contribution in [2.75, 3.05) is 13.7 Å². The first kappa shape index (κ1) is 15.0. The third-order valence-electron chi connectivity index (χ3n) is 3.35. The topological polar surface area (TPSA) is 72.9 Å². The summed E-state index contributed by atoms with van der Waals surface area (Å²) in [5.74, 6) is -2.07. The maximum atomic E-state index is 12.1. The van der Waals surface area contributed by atoms with E-state index >= 15 is 0 Å². The molecule has 1 unspecified atom stereocenters. The van der Waals surface area contributed by atoms with Gasteiger partial charge in [0.1, 0.15) is 12.5 Å². The van der Waals surface area contributed by atoms with E-state index in [2.05, 4.69) is 4.74 Å². The highest BCUT2D eigenvalue weighted by atomic mass is 16.6. The maximum absolute atomic E-state index is 12.1. The van der Waals surface area contributed by atoms with Crippen LogP contribution in [0.4, 0.5) is 4.79 Å². The number of amides is 2. The van der Waals surface area contributed by atoms with Gasteiger partial charge < -0.3 is 9.47 Å². The Balaban J connectivity index is 1.95. The van der Waals surface area contributed by atoms with E-state index in [1.807, 2.05) is 30.3 Å². The molecule has 1 aromatic carbocycles. The second kappa shape index (κ2) is 6.88. The van der Waals surface area contributed by atoms with Gasteiger partial charge in [0.15, 0.2) is 0 Å². The summed E-state index contributed by atoms with van der Waals surface area (Å²) >= 11 is 0. The number of carbonyl (C=O) groups excluding carboxylic acids is 3. The molecule has 1 saturated heterocycles. The molecule has 0 radical (unpaired) electrons. The third-order valence-corrected chi connectivity index (χ3v) is 3.35. The first-order chi connectivity index (χ1) is 10.1. The molecule has 0 spiro atoms. The van der Waals surface area contributed by atoms with Gasteiger partial charge in [-0.05, 0) is 18.4 Å². The van der Waals surface area contributed by atoms with Crippen molar-refractivity contribution in [2.45, 2.75) is 19.4 Å². The van der Waals surface area contributed by atoms with Crippen LogP contribution in [0.3, 0.4) is 0 Å². The Morgan fingerprint density at radius 3 is 2.67 bits per heavy atom. The molecule has 0 saturated carbocycles. The highest BCUT2D eigenvalue weighted by Crippen LogP contribution is 2.20. The molecule has 21 heavy (non-hydrogen) atoms. The van der Waals surface area contributed by atoms with E-state index in [0.717, 1.165) is 10.5 Å². The molecule has 0 aliphatic carbocycles. The van der Waals surface area contributed by atoms with Crippen LogP contribution in [0, 0.1) is 5.92 Å². The summed E-state index contributed by atoms with van der Waals surface area (Å²) < 4.78 is 9.69. The van der Waals surface area contributed by atoms with Gasteiger partial charge in [-0.1, -0.05) is 30.3 Å². The molecule has 1 atom stereocenters. The molecule has 1 aromatic rings. The fourth-order valence-corrected chi connectivity index (χ4v) is 2.21. The van der Waals surface area contributed by atoms with Gasteiger partial charge in [0.2, 0.25) is 5.91 Å². The van der Waals surface area contributed by atoms with Gasteiger partial charge >= 0.3 is 12.1 Å². The van der Waals surface area contributed by atoms with Crippen molar-refractivity contribution in [3.63, 3.8) is 0 Å². The number of rotatable bonds is 3. The first-order valence-corrected chi connectivity index (χ1v) is 6.73. The van der Waals surface area contributed by atoms with Gasteiger partial charge in [-0.2, -0.15) is 0 Å². The average molecular weight is 291 g/mol. The second-order valence-electron chi connectivity index (χ2n) is 4.75. The van der Waals surface area contributed by atoms with E-state index in [4.69, 9.17) is 4.74 Å². The van der Waals surface area contributed by atoms with Crippen LogP contribution < -0.4 is 0 Å².